The second kappa shape index (κ2) is 6.54. The van der Waals surface area contributed by atoms with Crippen LogP contribution in [0.15, 0.2) is 24.3 Å². The first-order valence-electron chi connectivity index (χ1n) is 6.20. The number of rotatable bonds is 6. The van der Waals surface area contributed by atoms with Gasteiger partial charge in [-0.1, -0.05) is 25.5 Å². The van der Waals surface area contributed by atoms with Gasteiger partial charge in [0.2, 0.25) is 0 Å². The average Bonchev–Trinajstić information content (AvgIpc) is 2.30. The van der Waals surface area contributed by atoms with E-state index in [0.717, 1.165) is 13.0 Å². The summed E-state index contributed by atoms with van der Waals surface area (Å²) in [6.45, 7) is 5.18. The van der Waals surface area contributed by atoms with Crippen LogP contribution in [0.5, 0.6) is 0 Å². The average molecular weight is 220 g/mol. The summed E-state index contributed by atoms with van der Waals surface area (Å²) in [6, 6.07) is 9.37. The largest absolute Gasteiger partial charge is 0.372 e. The topological polar surface area (TPSA) is 29.3 Å². The van der Waals surface area contributed by atoms with Crippen molar-refractivity contribution in [2.45, 2.75) is 39.2 Å². The Morgan fingerprint density at radius 1 is 1.25 bits per heavy atom. The Morgan fingerprint density at radius 2 is 1.88 bits per heavy atom. The van der Waals surface area contributed by atoms with Gasteiger partial charge in [-0.15, -0.1) is 0 Å². The summed E-state index contributed by atoms with van der Waals surface area (Å²) in [4.78, 5) is 2.29. The molecule has 1 unspecified atom stereocenters. The Morgan fingerprint density at radius 3 is 2.38 bits per heavy atom. The summed E-state index contributed by atoms with van der Waals surface area (Å²) < 4.78 is 0. The van der Waals surface area contributed by atoms with Gasteiger partial charge in [0, 0.05) is 18.8 Å². The van der Waals surface area contributed by atoms with Crippen molar-refractivity contribution in [2.24, 2.45) is 5.73 Å². The second-order valence-electron chi connectivity index (χ2n) is 4.45. The molecule has 90 valence electrons. The van der Waals surface area contributed by atoms with Gasteiger partial charge in [0.15, 0.2) is 0 Å². The number of hydrogen-bond acceptors (Lipinski definition) is 2. The third-order valence-corrected chi connectivity index (χ3v) is 3.13. The molecule has 2 nitrogen and oxygen atoms in total. The van der Waals surface area contributed by atoms with Crippen LogP contribution < -0.4 is 10.6 Å². The summed E-state index contributed by atoms with van der Waals surface area (Å²) in [5.74, 6) is 0. The summed E-state index contributed by atoms with van der Waals surface area (Å²) in [5.41, 5.74) is 8.28. The number of anilines is 1. The van der Waals surface area contributed by atoms with Gasteiger partial charge in [-0.2, -0.15) is 0 Å². The fourth-order valence-electron chi connectivity index (χ4n) is 1.88. The highest BCUT2D eigenvalue weighted by atomic mass is 15.1. The monoisotopic (exact) mass is 220 g/mol. The van der Waals surface area contributed by atoms with Crippen molar-refractivity contribution < 1.29 is 0 Å². The Kier molecular flexibility index (Phi) is 5.33. The van der Waals surface area contributed by atoms with Gasteiger partial charge in [0.05, 0.1) is 0 Å². The molecule has 0 saturated carbocycles. The van der Waals surface area contributed by atoms with Crippen LogP contribution >= 0.6 is 0 Å². The molecular weight excluding hydrogens is 196 g/mol. The smallest absolute Gasteiger partial charge is 0.0366 e. The van der Waals surface area contributed by atoms with Gasteiger partial charge in [-0.05, 0) is 44.0 Å². The molecule has 2 heteroatoms. The first-order valence-corrected chi connectivity index (χ1v) is 6.20. The molecule has 0 aromatic heterocycles. The van der Waals surface area contributed by atoms with E-state index >= 15 is 0 Å². The lowest BCUT2D eigenvalue weighted by atomic mass is 10.1. The quantitative estimate of drug-likeness (QED) is 0.798. The second-order valence-corrected chi connectivity index (χ2v) is 4.45. The molecule has 0 radical (unpaired) electrons. The lowest BCUT2D eigenvalue weighted by Gasteiger charge is -2.26. The van der Waals surface area contributed by atoms with Crippen LogP contribution in [-0.4, -0.2) is 19.6 Å². The van der Waals surface area contributed by atoms with Crippen molar-refractivity contribution in [1.29, 1.82) is 0 Å². The minimum Gasteiger partial charge on any atom is -0.372 e. The molecule has 1 rings (SSSR count). The Balaban J connectivity index is 2.65. The first-order chi connectivity index (χ1) is 7.69. The van der Waals surface area contributed by atoms with Crippen molar-refractivity contribution in [3.05, 3.63) is 29.8 Å². The van der Waals surface area contributed by atoms with Crippen molar-refractivity contribution in [3.8, 4) is 0 Å². The summed E-state index contributed by atoms with van der Waals surface area (Å²) in [5, 5.41) is 0. The van der Waals surface area contributed by atoms with E-state index < -0.39 is 0 Å². The minimum absolute atomic E-state index is 0.502. The SMILES string of the molecule is CCCc1ccc(N(C)C(C)CCN)cc1. The van der Waals surface area contributed by atoms with Gasteiger partial charge in [-0.3, -0.25) is 0 Å². The van der Waals surface area contributed by atoms with Gasteiger partial charge >= 0.3 is 0 Å². The molecule has 0 bridgehead atoms. The van der Waals surface area contributed by atoms with Crippen LogP contribution in [0, 0.1) is 0 Å². The number of nitrogens with two attached hydrogens (primary N) is 1. The zero-order chi connectivity index (χ0) is 12.0. The molecule has 2 N–H and O–H groups in total. The lowest BCUT2D eigenvalue weighted by molar-refractivity contribution is 0.635. The van der Waals surface area contributed by atoms with Crippen LogP contribution in [0.2, 0.25) is 0 Å². The lowest BCUT2D eigenvalue weighted by Crippen LogP contribution is -2.30. The van der Waals surface area contributed by atoms with E-state index in [2.05, 4.69) is 50.1 Å². The first kappa shape index (κ1) is 13.0. The standard InChI is InChI=1S/C14H24N2/c1-4-5-13-6-8-14(9-7-13)16(3)12(2)10-11-15/h6-9,12H,4-5,10-11,15H2,1-3H3. The van der Waals surface area contributed by atoms with Crippen LogP contribution in [0.3, 0.4) is 0 Å². The van der Waals surface area contributed by atoms with Gasteiger partial charge in [0.1, 0.15) is 0 Å². The van der Waals surface area contributed by atoms with E-state index in [-0.39, 0.29) is 0 Å². The summed E-state index contributed by atoms with van der Waals surface area (Å²) in [7, 11) is 2.13. The highest BCUT2D eigenvalue weighted by molar-refractivity contribution is 5.47. The molecule has 0 aliphatic heterocycles. The number of hydrogen-bond donors (Lipinski definition) is 1. The zero-order valence-electron chi connectivity index (χ0n) is 10.7. The molecule has 0 fully saturated rings. The highest BCUT2D eigenvalue weighted by Gasteiger charge is 2.08. The maximum Gasteiger partial charge on any atom is 0.0366 e. The van der Waals surface area contributed by atoms with Gasteiger partial charge in [-0.25, -0.2) is 0 Å². The van der Waals surface area contributed by atoms with E-state index in [1.807, 2.05) is 0 Å². The number of aryl methyl sites for hydroxylation is 1. The zero-order valence-corrected chi connectivity index (χ0v) is 10.7. The summed E-state index contributed by atoms with van der Waals surface area (Å²) in [6.07, 6.45) is 3.41. The van der Waals surface area contributed by atoms with Crippen LogP contribution in [0.4, 0.5) is 5.69 Å². The molecule has 0 aliphatic carbocycles. The van der Waals surface area contributed by atoms with Crippen molar-refractivity contribution in [3.63, 3.8) is 0 Å². The number of nitrogens with zero attached hydrogens (tertiary/aromatic N) is 1. The van der Waals surface area contributed by atoms with E-state index in [9.17, 15) is 0 Å². The van der Waals surface area contributed by atoms with E-state index in [1.165, 1.54) is 24.1 Å². The van der Waals surface area contributed by atoms with E-state index in [4.69, 9.17) is 5.73 Å². The van der Waals surface area contributed by atoms with E-state index in [0.29, 0.717) is 6.04 Å². The van der Waals surface area contributed by atoms with Crippen molar-refractivity contribution in [1.82, 2.24) is 0 Å². The fourth-order valence-corrected chi connectivity index (χ4v) is 1.88. The molecule has 16 heavy (non-hydrogen) atoms. The molecule has 0 spiro atoms. The molecule has 0 amide bonds. The van der Waals surface area contributed by atoms with Crippen LogP contribution in [0.1, 0.15) is 32.3 Å². The molecule has 1 atom stereocenters. The van der Waals surface area contributed by atoms with Gasteiger partial charge in [0.25, 0.3) is 0 Å². The molecule has 0 saturated heterocycles. The molecule has 1 aromatic rings. The third kappa shape index (κ3) is 3.53. The predicted octanol–water partition coefficient (Wildman–Crippen LogP) is 2.81. The maximum absolute atomic E-state index is 5.58. The van der Waals surface area contributed by atoms with Crippen LogP contribution in [-0.2, 0) is 6.42 Å². The maximum atomic E-state index is 5.58. The minimum atomic E-state index is 0.502. The van der Waals surface area contributed by atoms with E-state index in [1.54, 1.807) is 0 Å². The molecule has 0 aliphatic rings. The van der Waals surface area contributed by atoms with Crippen molar-refractivity contribution >= 4 is 5.69 Å². The fraction of sp³-hybridized carbons (Fsp3) is 0.571. The Labute approximate surface area is 99.5 Å². The molecule has 0 heterocycles. The Hall–Kier alpha value is -1.02. The summed E-state index contributed by atoms with van der Waals surface area (Å²) >= 11 is 0. The Bertz CT molecular complexity index is 292. The number of benzene rings is 1. The third-order valence-electron chi connectivity index (χ3n) is 3.13. The molecule has 1 aromatic carbocycles. The molecular formula is C14H24N2. The normalized spacial score (nSPS) is 12.5. The van der Waals surface area contributed by atoms with Crippen LogP contribution in [0.25, 0.3) is 0 Å². The van der Waals surface area contributed by atoms with Crippen molar-refractivity contribution in [2.75, 3.05) is 18.5 Å². The van der Waals surface area contributed by atoms with Gasteiger partial charge < -0.3 is 10.6 Å². The highest BCUT2D eigenvalue weighted by Crippen LogP contribution is 2.17. The predicted molar refractivity (Wildman–Crippen MR) is 72.0 cm³/mol.